The van der Waals surface area contributed by atoms with Crippen LogP contribution in [-0.4, -0.2) is 31.6 Å². The van der Waals surface area contributed by atoms with Gasteiger partial charge in [-0.25, -0.2) is 0 Å². The van der Waals surface area contributed by atoms with E-state index < -0.39 is 0 Å². The number of hydrogen-bond acceptors (Lipinski definition) is 3. The molecule has 2 aliphatic rings. The molecule has 0 aromatic heterocycles. The molecule has 2 N–H and O–H groups in total. The lowest BCUT2D eigenvalue weighted by atomic mass is 9.95. The van der Waals surface area contributed by atoms with Gasteiger partial charge in [0.2, 0.25) is 0 Å². The molecule has 122 valence electrons. The van der Waals surface area contributed by atoms with E-state index in [0.29, 0.717) is 23.1 Å². The van der Waals surface area contributed by atoms with Crippen molar-refractivity contribution in [1.82, 2.24) is 10.6 Å². The highest BCUT2D eigenvalue weighted by Gasteiger charge is 2.25. The first-order valence-corrected chi connectivity index (χ1v) is 7.97. The van der Waals surface area contributed by atoms with Crippen molar-refractivity contribution in [2.75, 3.05) is 19.7 Å². The van der Waals surface area contributed by atoms with Gasteiger partial charge >= 0.3 is 0 Å². The van der Waals surface area contributed by atoms with Crippen molar-refractivity contribution in [2.24, 2.45) is 11.8 Å². The summed E-state index contributed by atoms with van der Waals surface area (Å²) in [5.41, 5.74) is 0.656. The molecule has 3 rings (SSSR count). The Morgan fingerprint density at radius 3 is 2.82 bits per heavy atom. The highest BCUT2D eigenvalue weighted by Crippen LogP contribution is 2.30. The van der Waals surface area contributed by atoms with Gasteiger partial charge in [0.1, 0.15) is 5.75 Å². The first-order chi connectivity index (χ1) is 10.2. The third-order valence-electron chi connectivity index (χ3n) is 4.40. The Morgan fingerprint density at radius 1 is 1.32 bits per heavy atom. The van der Waals surface area contributed by atoms with Gasteiger partial charge in [0, 0.05) is 6.04 Å². The molecule has 0 radical (unpaired) electrons. The van der Waals surface area contributed by atoms with E-state index in [2.05, 4.69) is 17.6 Å². The van der Waals surface area contributed by atoms with Crippen molar-refractivity contribution in [3.05, 3.63) is 29.8 Å². The Labute approximate surface area is 138 Å². The molecule has 5 heteroatoms. The number of hydrogen-bond donors (Lipinski definition) is 2. The molecule has 2 fully saturated rings. The molecule has 0 spiro atoms. The van der Waals surface area contributed by atoms with Crippen LogP contribution in [0.25, 0.3) is 0 Å². The van der Waals surface area contributed by atoms with Crippen LogP contribution in [0.3, 0.4) is 0 Å². The molecule has 1 heterocycles. The van der Waals surface area contributed by atoms with Gasteiger partial charge in [-0.1, -0.05) is 19.1 Å². The fourth-order valence-corrected chi connectivity index (χ4v) is 2.75. The van der Waals surface area contributed by atoms with Crippen molar-refractivity contribution in [3.8, 4) is 5.75 Å². The van der Waals surface area contributed by atoms with Crippen molar-refractivity contribution < 1.29 is 9.53 Å². The molecule has 22 heavy (non-hydrogen) atoms. The quantitative estimate of drug-likeness (QED) is 0.875. The van der Waals surface area contributed by atoms with Crippen molar-refractivity contribution in [1.29, 1.82) is 0 Å². The summed E-state index contributed by atoms with van der Waals surface area (Å²) in [4.78, 5) is 12.5. The monoisotopic (exact) mass is 324 g/mol. The molecule has 1 aromatic rings. The number of carbonyl (C=O) groups excluding carboxylic acids is 1. The zero-order valence-electron chi connectivity index (χ0n) is 13.0. The van der Waals surface area contributed by atoms with Crippen LogP contribution in [0.4, 0.5) is 0 Å². The predicted octanol–water partition coefficient (Wildman–Crippen LogP) is 2.63. The van der Waals surface area contributed by atoms with Crippen LogP contribution < -0.4 is 15.4 Å². The van der Waals surface area contributed by atoms with Crippen LogP contribution in [-0.2, 0) is 0 Å². The predicted molar refractivity (Wildman–Crippen MR) is 89.8 cm³/mol. The Hall–Kier alpha value is -1.26. The molecule has 4 nitrogen and oxygen atoms in total. The second kappa shape index (κ2) is 7.84. The van der Waals surface area contributed by atoms with Gasteiger partial charge in [0.25, 0.3) is 5.91 Å². The third kappa shape index (κ3) is 4.37. The molecule has 1 amide bonds. The molecule has 1 saturated carbocycles. The number of piperidine rings is 1. The number of rotatable bonds is 5. The van der Waals surface area contributed by atoms with Gasteiger partial charge in [-0.15, -0.1) is 12.4 Å². The molecule has 1 saturated heterocycles. The third-order valence-corrected chi connectivity index (χ3v) is 4.40. The van der Waals surface area contributed by atoms with E-state index in [-0.39, 0.29) is 24.4 Å². The number of carbonyl (C=O) groups is 1. The van der Waals surface area contributed by atoms with Gasteiger partial charge in [0.15, 0.2) is 0 Å². The molecular formula is C17H25ClN2O2. The summed E-state index contributed by atoms with van der Waals surface area (Å²) in [5.74, 6) is 1.84. The van der Waals surface area contributed by atoms with E-state index in [1.807, 2.05) is 24.3 Å². The van der Waals surface area contributed by atoms with Gasteiger partial charge in [-0.3, -0.25) is 4.79 Å². The average Bonchev–Trinajstić information content (AvgIpc) is 3.32. The van der Waals surface area contributed by atoms with Crippen LogP contribution in [0.1, 0.15) is 36.5 Å². The van der Waals surface area contributed by atoms with Crippen LogP contribution in [0.5, 0.6) is 5.75 Å². The minimum Gasteiger partial charge on any atom is -0.492 e. The molecular weight excluding hydrogens is 300 g/mol. The largest absolute Gasteiger partial charge is 0.492 e. The molecule has 2 unspecified atom stereocenters. The maximum atomic E-state index is 12.5. The first-order valence-electron chi connectivity index (χ1n) is 7.97. The number of nitrogens with one attached hydrogen (secondary N) is 2. The minimum absolute atomic E-state index is 0. The van der Waals surface area contributed by atoms with Crippen molar-refractivity contribution in [3.63, 3.8) is 0 Å². The maximum Gasteiger partial charge on any atom is 0.255 e. The zero-order chi connectivity index (χ0) is 14.7. The summed E-state index contributed by atoms with van der Waals surface area (Å²) in [5, 5.41) is 6.52. The minimum atomic E-state index is -0.0138. The van der Waals surface area contributed by atoms with E-state index in [9.17, 15) is 4.79 Å². The Morgan fingerprint density at radius 2 is 2.09 bits per heavy atom. The topological polar surface area (TPSA) is 50.4 Å². The molecule has 1 aromatic carbocycles. The summed E-state index contributed by atoms with van der Waals surface area (Å²) < 4.78 is 5.83. The smallest absolute Gasteiger partial charge is 0.255 e. The fraction of sp³-hybridized carbons (Fsp3) is 0.588. The second-order valence-electron chi connectivity index (χ2n) is 6.30. The number of amides is 1. The second-order valence-corrected chi connectivity index (χ2v) is 6.30. The first kappa shape index (κ1) is 17.1. The molecule has 1 aliphatic heterocycles. The van der Waals surface area contributed by atoms with Gasteiger partial charge in [-0.2, -0.15) is 0 Å². The summed E-state index contributed by atoms with van der Waals surface area (Å²) in [7, 11) is 0. The van der Waals surface area contributed by atoms with Gasteiger partial charge in [-0.05, 0) is 56.3 Å². The highest BCUT2D eigenvalue weighted by molar-refractivity contribution is 5.97. The van der Waals surface area contributed by atoms with E-state index >= 15 is 0 Å². The maximum absolute atomic E-state index is 12.5. The van der Waals surface area contributed by atoms with Crippen molar-refractivity contribution in [2.45, 2.75) is 32.2 Å². The molecule has 1 aliphatic carbocycles. The van der Waals surface area contributed by atoms with Crippen LogP contribution in [0.2, 0.25) is 0 Å². The number of halogens is 1. The lowest BCUT2D eigenvalue weighted by molar-refractivity contribution is 0.0910. The summed E-state index contributed by atoms with van der Waals surface area (Å²) in [6.07, 6.45) is 3.49. The number of ether oxygens (including phenoxy) is 1. The van der Waals surface area contributed by atoms with E-state index in [1.54, 1.807) is 0 Å². The SMILES string of the molecule is CC1CNCCC1NC(=O)c1ccccc1OCC1CC1.Cl. The molecule has 0 bridgehead atoms. The van der Waals surface area contributed by atoms with E-state index in [0.717, 1.165) is 26.1 Å². The summed E-state index contributed by atoms with van der Waals surface area (Å²) in [6.45, 7) is 4.83. The normalized spacial score (nSPS) is 24.2. The number of benzene rings is 1. The lowest BCUT2D eigenvalue weighted by Crippen LogP contribution is -2.48. The average molecular weight is 325 g/mol. The Kier molecular flexibility index (Phi) is 6.09. The Balaban J connectivity index is 0.00000176. The highest BCUT2D eigenvalue weighted by atomic mass is 35.5. The van der Waals surface area contributed by atoms with Crippen LogP contribution >= 0.6 is 12.4 Å². The lowest BCUT2D eigenvalue weighted by Gasteiger charge is -2.30. The van der Waals surface area contributed by atoms with Crippen molar-refractivity contribution >= 4 is 18.3 Å². The van der Waals surface area contributed by atoms with Crippen LogP contribution in [0.15, 0.2) is 24.3 Å². The summed E-state index contributed by atoms with van der Waals surface area (Å²) in [6, 6.07) is 7.80. The zero-order valence-corrected chi connectivity index (χ0v) is 13.8. The summed E-state index contributed by atoms with van der Waals surface area (Å²) >= 11 is 0. The standard InChI is InChI=1S/C17H24N2O2.ClH/c1-12-10-18-9-8-15(12)19-17(20)14-4-2-3-5-16(14)21-11-13-6-7-13;/h2-5,12-13,15,18H,6-11H2,1H3,(H,19,20);1H. The van der Waals surface area contributed by atoms with Gasteiger partial charge in [0.05, 0.1) is 12.2 Å². The molecule has 2 atom stereocenters. The van der Waals surface area contributed by atoms with Gasteiger partial charge < -0.3 is 15.4 Å². The fourth-order valence-electron chi connectivity index (χ4n) is 2.75. The van der Waals surface area contributed by atoms with E-state index in [4.69, 9.17) is 4.74 Å². The van der Waals surface area contributed by atoms with Crippen LogP contribution in [0, 0.1) is 11.8 Å². The number of para-hydroxylation sites is 1. The Bertz CT molecular complexity index is 505. The van der Waals surface area contributed by atoms with E-state index in [1.165, 1.54) is 12.8 Å².